The topological polar surface area (TPSA) is 53.6 Å². The molecule has 0 bridgehead atoms. The van der Waals surface area contributed by atoms with Crippen LogP contribution in [0.3, 0.4) is 0 Å². The molecule has 4 nitrogen and oxygen atoms in total. The largest absolute Gasteiger partial charge is 0.340 e. The van der Waals surface area contributed by atoms with Gasteiger partial charge in [-0.15, -0.1) is 0 Å². The second-order valence-electron chi connectivity index (χ2n) is 4.60. The summed E-state index contributed by atoms with van der Waals surface area (Å²) >= 11 is 3.42. The first-order valence-corrected chi connectivity index (χ1v) is 6.19. The highest BCUT2D eigenvalue weighted by Gasteiger charge is 2.33. The maximum absolute atomic E-state index is 4.58. The number of fused-ring (bicyclic) bond motifs is 1. The van der Waals surface area contributed by atoms with E-state index in [1.807, 2.05) is 6.07 Å². The first kappa shape index (κ1) is 10.2. The number of nitrogens with one attached hydrogen (secondary N) is 2. The third-order valence-electron chi connectivity index (χ3n) is 3.24. The zero-order valence-electron chi connectivity index (χ0n) is 9.05. The molecule has 84 valence electrons. The van der Waals surface area contributed by atoms with E-state index in [0.717, 1.165) is 41.0 Å². The molecule has 1 unspecified atom stereocenters. The Labute approximate surface area is 102 Å². The van der Waals surface area contributed by atoms with Crippen LogP contribution in [0.1, 0.15) is 19.2 Å². The predicted octanol–water partition coefficient (Wildman–Crippen LogP) is 1.97. The van der Waals surface area contributed by atoms with Crippen LogP contribution in [0.2, 0.25) is 0 Å². The quantitative estimate of drug-likeness (QED) is 0.840. The van der Waals surface area contributed by atoms with Crippen molar-refractivity contribution in [2.75, 3.05) is 13.1 Å². The minimum Gasteiger partial charge on any atom is -0.340 e. The fraction of sp³-hybridized carbons (Fsp3) is 0.455. The molecule has 3 heterocycles. The summed E-state index contributed by atoms with van der Waals surface area (Å²) in [6.07, 6.45) is 2.90. The molecule has 1 atom stereocenters. The first-order valence-electron chi connectivity index (χ1n) is 5.40. The number of rotatable bonds is 1. The maximum Gasteiger partial charge on any atom is 0.177 e. The van der Waals surface area contributed by atoms with Crippen molar-refractivity contribution in [3.05, 3.63) is 22.6 Å². The molecule has 0 aliphatic carbocycles. The third-order valence-corrected chi connectivity index (χ3v) is 3.68. The average Bonchev–Trinajstić information content (AvgIpc) is 2.84. The highest BCUT2D eigenvalue weighted by atomic mass is 79.9. The minimum atomic E-state index is 0.118. The highest BCUT2D eigenvalue weighted by Crippen LogP contribution is 2.29. The fourth-order valence-corrected chi connectivity index (χ4v) is 2.51. The van der Waals surface area contributed by atoms with Gasteiger partial charge in [0.05, 0.1) is 5.52 Å². The summed E-state index contributed by atoms with van der Waals surface area (Å²) in [5.74, 6) is 1.04. The van der Waals surface area contributed by atoms with E-state index in [9.17, 15) is 0 Å². The Bertz CT molecular complexity index is 528. The second-order valence-corrected chi connectivity index (χ2v) is 5.51. The van der Waals surface area contributed by atoms with Crippen LogP contribution in [-0.2, 0) is 5.41 Å². The van der Waals surface area contributed by atoms with Gasteiger partial charge in [-0.25, -0.2) is 9.97 Å². The lowest BCUT2D eigenvalue weighted by atomic mass is 9.89. The van der Waals surface area contributed by atoms with Crippen LogP contribution in [0, 0.1) is 0 Å². The molecule has 0 amide bonds. The van der Waals surface area contributed by atoms with Gasteiger partial charge in [-0.1, -0.05) is 6.92 Å². The summed E-state index contributed by atoms with van der Waals surface area (Å²) in [4.78, 5) is 12.2. The lowest BCUT2D eigenvalue weighted by Gasteiger charge is -2.18. The number of hydrogen-bond acceptors (Lipinski definition) is 3. The van der Waals surface area contributed by atoms with E-state index >= 15 is 0 Å². The molecule has 3 rings (SSSR count). The van der Waals surface area contributed by atoms with Gasteiger partial charge in [-0.2, -0.15) is 0 Å². The number of halogens is 1. The average molecular weight is 281 g/mol. The van der Waals surface area contributed by atoms with Crippen molar-refractivity contribution >= 4 is 27.1 Å². The van der Waals surface area contributed by atoms with Crippen LogP contribution in [0.25, 0.3) is 11.2 Å². The van der Waals surface area contributed by atoms with Crippen molar-refractivity contribution in [2.45, 2.75) is 18.8 Å². The van der Waals surface area contributed by atoms with Crippen molar-refractivity contribution in [1.82, 2.24) is 20.3 Å². The van der Waals surface area contributed by atoms with Crippen LogP contribution in [-0.4, -0.2) is 28.0 Å². The molecule has 2 aromatic rings. The van der Waals surface area contributed by atoms with E-state index < -0.39 is 0 Å². The van der Waals surface area contributed by atoms with Gasteiger partial charge >= 0.3 is 0 Å². The van der Waals surface area contributed by atoms with Gasteiger partial charge in [-0.3, -0.25) is 0 Å². The summed E-state index contributed by atoms with van der Waals surface area (Å²) in [5.41, 5.74) is 1.91. The minimum absolute atomic E-state index is 0.118. The SMILES string of the molecule is CC1(c2nc3ncc(Br)cc3[nH]2)CCNC1. The van der Waals surface area contributed by atoms with E-state index in [1.165, 1.54) is 0 Å². The van der Waals surface area contributed by atoms with Crippen LogP contribution >= 0.6 is 15.9 Å². The van der Waals surface area contributed by atoms with Gasteiger partial charge in [0, 0.05) is 22.6 Å². The normalized spacial score (nSPS) is 25.4. The summed E-state index contributed by atoms with van der Waals surface area (Å²) in [5, 5.41) is 3.38. The number of aromatic amines is 1. The summed E-state index contributed by atoms with van der Waals surface area (Å²) < 4.78 is 0.977. The molecule has 0 saturated carbocycles. The van der Waals surface area contributed by atoms with Crippen LogP contribution < -0.4 is 5.32 Å². The Morgan fingerprint density at radius 2 is 2.38 bits per heavy atom. The number of imidazole rings is 1. The molecule has 0 spiro atoms. The van der Waals surface area contributed by atoms with Gasteiger partial charge in [0.15, 0.2) is 5.65 Å². The van der Waals surface area contributed by atoms with Gasteiger partial charge < -0.3 is 10.3 Å². The lowest BCUT2D eigenvalue weighted by Crippen LogP contribution is -2.26. The summed E-state index contributed by atoms with van der Waals surface area (Å²) in [6.45, 7) is 4.28. The second kappa shape index (κ2) is 3.53. The lowest BCUT2D eigenvalue weighted by molar-refractivity contribution is 0.496. The monoisotopic (exact) mass is 280 g/mol. The van der Waals surface area contributed by atoms with E-state index in [0.29, 0.717) is 0 Å². The number of hydrogen-bond donors (Lipinski definition) is 2. The maximum atomic E-state index is 4.58. The Morgan fingerprint density at radius 1 is 1.50 bits per heavy atom. The molecule has 1 saturated heterocycles. The zero-order chi connectivity index (χ0) is 11.2. The summed E-state index contributed by atoms with van der Waals surface area (Å²) in [6, 6.07) is 2.02. The molecule has 2 N–H and O–H groups in total. The molecule has 0 aromatic carbocycles. The zero-order valence-corrected chi connectivity index (χ0v) is 10.6. The van der Waals surface area contributed by atoms with E-state index in [1.54, 1.807) is 6.20 Å². The van der Waals surface area contributed by atoms with Gasteiger partial charge in [0.2, 0.25) is 0 Å². The number of nitrogens with zero attached hydrogens (tertiary/aromatic N) is 2. The standard InChI is InChI=1S/C11H13BrN4/c1-11(2-3-13-6-11)10-15-8-4-7(12)5-14-9(8)16-10/h4-5,13H,2-3,6H2,1H3,(H,14,15,16). The smallest absolute Gasteiger partial charge is 0.177 e. The molecule has 1 aliphatic heterocycles. The predicted molar refractivity (Wildman–Crippen MR) is 66.4 cm³/mol. The molecule has 5 heteroatoms. The molecule has 16 heavy (non-hydrogen) atoms. The summed E-state index contributed by atoms with van der Waals surface area (Å²) in [7, 11) is 0. The van der Waals surface area contributed by atoms with Crippen molar-refractivity contribution in [1.29, 1.82) is 0 Å². The number of pyridine rings is 1. The van der Waals surface area contributed by atoms with E-state index in [2.05, 4.69) is 43.1 Å². The van der Waals surface area contributed by atoms with Crippen molar-refractivity contribution in [2.24, 2.45) is 0 Å². The van der Waals surface area contributed by atoms with Crippen LogP contribution in [0.4, 0.5) is 0 Å². The first-order chi connectivity index (χ1) is 7.67. The van der Waals surface area contributed by atoms with Gasteiger partial charge in [-0.05, 0) is 35.0 Å². The highest BCUT2D eigenvalue weighted by molar-refractivity contribution is 9.10. The molecule has 1 aliphatic rings. The number of H-pyrrole nitrogens is 1. The molecule has 0 radical (unpaired) electrons. The van der Waals surface area contributed by atoms with E-state index in [-0.39, 0.29) is 5.41 Å². The van der Waals surface area contributed by atoms with E-state index in [4.69, 9.17) is 0 Å². The van der Waals surface area contributed by atoms with Crippen LogP contribution in [0.15, 0.2) is 16.7 Å². The number of aromatic nitrogens is 3. The van der Waals surface area contributed by atoms with Gasteiger partial charge in [0.1, 0.15) is 5.82 Å². The Kier molecular flexibility index (Phi) is 2.26. The molecular formula is C11H13BrN4. The Hall–Kier alpha value is -0.940. The van der Waals surface area contributed by atoms with Gasteiger partial charge in [0.25, 0.3) is 0 Å². The van der Waals surface area contributed by atoms with Crippen molar-refractivity contribution in [3.63, 3.8) is 0 Å². The van der Waals surface area contributed by atoms with Crippen molar-refractivity contribution in [3.8, 4) is 0 Å². The molecular weight excluding hydrogens is 268 g/mol. The Morgan fingerprint density at radius 3 is 3.12 bits per heavy atom. The Balaban J connectivity index is 2.11. The van der Waals surface area contributed by atoms with Crippen molar-refractivity contribution < 1.29 is 0 Å². The third kappa shape index (κ3) is 1.55. The fourth-order valence-electron chi connectivity index (χ4n) is 2.18. The molecule has 1 fully saturated rings. The van der Waals surface area contributed by atoms with Crippen LogP contribution in [0.5, 0.6) is 0 Å². The molecule has 2 aromatic heterocycles.